The van der Waals surface area contributed by atoms with Crippen LogP contribution in [-0.2, 0) is 21.4 Å². The molecule has 6 nitrogen and oxygen atoms in total. The number of carboxylic acid groups (broad SMARTS) is 1. The second-order valence-electron chi connectivity index (χ2n) is 7.84. The average molecular weight is 539 g/mol. The molecule has 0 radical (unpaired) electrons. The predicted octanol–water partition coefficient (Wildman–Crippen LogP) is 5.98. The Hall–Kier alpha value is -1.59. The molecule has 0 amide bonds. The van der Waals surface area contributed by atoms with Crippen LogP contribution in [0.15, 0.2) is 57.8 Å². The number of hydrogen-bond acceptors (Lipinski definition) is 7. The van der Waals surface area contributed by atoms with Crippen LogP contribution in [0.5, 0.6) is 0 Å². The number of thioether (sulfide) groups is 2. The summed E-state index contributed by atoms with van der Waals surface area (Å²) < 4.78 is 30.4. The van der Waals surface area contributed by atoms with Crippen LogP contribution < -0.4 is 0 Å². The van der Waals surface area contributed by atoms with Crippen molar-refractivity contribution < 1.29 is 18.3 Å². The van der Waals surface area contributed by atoms with Gasteiger partial charge in [-0.3, -0.25) is 4.79 Å². The van der Waals surface area contributed by atoms with Gasteiger partial charge in [0.15, 0.2) is 4.34 Å². The summed E-state index contributed by atoms with van der Waals surface area (Å²) in [5, 5.41) is 9.93. The lowest BCUT2D eigenvalue weighted by Crippen LogP contribution is -2.44. The highest BCUT2D eigenvalue weighted by Gasteiger charge is 2.36. The van der Waals surface area contributed by atoms with E-state index < -0.39 is 22.0 Å². The van der Waals surface area contributed by atoms with Crippen LogP contribution in [0, 0.1) is 0 Å². The molecule has 10 heteroatoms. The molecule has 0 aliphatic rings. The summed E-state index contributed by atoms with van der Waals surface area (Å²) in [4.78, 5) is 16.9. The molecule has 1 heterocycles. The Balaban J connectivity index is 1.94. The van der Waals surface area contributed by atoms with Crippen molar-refractivity contribution >= 4 is 61.1 Å². The quantitative estimate of drug-likeness (QED) is 0.200. The van der Waals surface area contributed by atoms with Gasteiger partial charge in [-0.2, -0.15) is 16.1 Å². The minimum absolute atomic E-state index is 0.00617. The smallest absolute Gasteiger partial charge is 0.322 e. The van der Waals surface area contributed by atoms with Gasteiger partial charge in [0.05, 0.1) is 15.1 Å². The Morgan fingerprint density at radius 2 is 1.91 bits per heavy atom. The number of unbranched alkanes of at least 4 members (excludes halogenated alkanes) is 2. The van der Waals surface area contributed by atoms with Gasteiger partial charge < -0.3 is 5.11 Å². The highest BCUT2D eigenvalue weighted by Crippen LogP contribution is 2.33. The number of fused-ring (bicyclic) bond motifs is 1. The molecule has 34 heavy (non-hydrogen) atoms. The van der Waals surface area contributed by atoms with Gasteiger partial charge in [0.2, 0.25) is 10.0 Å². The number of rotatable bonds is 14. The van der Waals surface area contributed by atoms with E-state index in [9.17, 15) is 18.3 Å². The first kappa shape index (κ1) is 27.0. The predicted molar refractivity (Wildman–Crippen MR) is 143 cm³/mol. The van der Waals surface area contributed by atoms with E-state index in [1.807, 2.05) is 36.6 Å². The molecular weight excluding hydrogens is 509 g/mol. The lowest BCUT2D eigenvalue weighted by Gasteiger charge is -2.28. The van der Waals surface area contributed by atoms with E-state index in [1.165, 1.54) is 35.6 Å². The molecule has 2 aromatic carbocycles. The SMILES string of the molecule is CCCCCSc1nc2ccc(S(=O)(=O)N(Cc3ccccc3)[C@H](CCSC)C(=O)O)cc2s1. The van der Waals surface area contributed by atoms with Crippen molar-refractivity contribution in [2.24, 2.45) is 0 Å². The highest BCUT2D eigenvalue weighted by molar-refractivity contribution is 8.01. The number of thiazole rings is 1. The second kappa shape index (κ2) is 12.9. The third-order valence-electron chi connectivity index (χ3n) is 5.33. The first-order valence-electron chi connectivity index (χ1n) is 11.2. The Morgan fingerprint density at radius 1 is 1.15 bits per heavy atom. The van der Waals surface area contributed by atoms with E-state index in [4.69, 9.17) is 0 Å². The summed E-state index contributed by atoms with van der Waals surface area (Å²) in [5.74, 6) is 0.391. The molecule has 184 valence electrons. The number of aliphatic carboxylic acids is 1. The number of sulfonamides is 1. The summed E-state index contributed by atoms with van der Waals surface area (Å²) in [5.41, 5.74) is 1.50. The van der Waals surface area contributed by atoms with Gasteiger partial charge in [-0.25, -0.2) is 13.4 Å². The zero-order valence-electron chi connectivity index (χ0n) is 19.3. The molecule has 1 N–H and O–H groups in total. The number of carbonyl (C=O) groups is 1. The standard InChI is InChI=1S/C24H30N2O4S4/c1-3-4-8-14-32-24-25-20-12-11-19(16-22(20)33-24)34(29,30)26(17-18-9-6-5-7-10-18)21(23(27)28)13-15-31-2/h5-7,9-12,16,21H,3-4,8,13-15,17H2,1-2H3,(H,27,28)/t21-/m1/s1. The maximum absolute atomic E-state index is 13.8. The molecule has 0 bridgehead atoms. The van der Waals surface area contributed by atoms with Crippen LogP contribution in [0.25, 0.3) is 10.2 Å². The molecule has 3 rings (SSSR count). The summed E-state index contributed by atoms with van der Waals surface area (Å²) in [7, 11) is -4.07. The molecule has 1 aromatic heterocycles. The first-order valence-corrected chi connectivity index (χ1v) is 15.8. The van der Waals surface area contributed by atoms with E-state index in [1.54, 1.807) is 23.9 Å². The molecule has 0 saturated heterocycles. The van der Waals surface area contributed by atoms with Crippen LogP contribution in [0.4, 0.5) is 0 Å². The molecule has 0 fully saturated rings. The van der Waals surface area contributed by atoms with Gasteiger partial charge >= 0.3 is 5.97 Å². The third kappa shape index (κ3) is 6.97. The molecule has 0 spiro atoms. The summed E-state index contributed by atoms with van der Waals surface area (Å²) in [6, 6.07) is 12.8. The van der Waals surface area contributed by atoms with E-state index in [2.05, 4.69) is 11.9 Å². The van der Waals surface area contributed by atoms with Gasteiger partial charge in [-0.05, 0) is 48.6 Å². The fourth-order valence-electron chi connectivity index (χ4n) is 3.50. The Bertz CT molecular complexity index is 1180. The average Bonchev–Trinajstić information content (AvgIpc) is 3.24. The van der Waals surface area contributed by atoms with Crippen LogP contribution in [0.2, 0.25) is 0 Å². The number of benzene rings is 2. The molecule has 0 aliphatic heterocycles. The normalized spacial score (nSPS) is 12.9. The van der Waals surface area contributed by atoms with Crippen molar-refractivity contribution in [2.45, 2.75) is 54.4 Å². The van der Waals surface area contributed by atoms with Crippen molar-refractivity contribution in [2.75, 3.05) is 17.8 Å². The van der Waals surface area contributed by atoms with Crippen molar-refractivity contribution in [3.8, 4) is 0 Å². The lowest BCUT2D eigenvalue weighted by molar-refractivity contribution is -0.141. The maximum atomic E-state index is 13.8. The lowest BCUT2D eigenvalue weighted by atomic mass is 10.2. The summed E-state index contributed by atoms with van der Waals surface area (Å²) >= 11 is 4.67. The van der Waals surface area contributed by atoms with Crippen molar-refractivity contribution in [1.82, 2.24) is 9.29 Å². The van der Waals surface area contributed by atoms with Crippen LogP contribution in [0.3, 0.4) is 0 Å². The maximum Gasteiger partial charge on any atom is 0.322 e. The van der Waals surface area contributed by atoms with Gasteiger partial charge in [-0.1, -0.05) is 61.9 Å². The summed E-state index contributed by atoms with van der Waals surface area (Å²) in [6.45, 7) is 2.16. The highest BCUT2D eigenvalue weighted by atomic mass is 32.2. The van der Waals surface area contributed by atoms with Crippen LogP contribution in [0.1, 0.15) is 38.2 Å². The molecule has 3 aromatic rings. The van der Waals surface area contributed by atoms with Crippen LogP contribution in [-0.4, -0.2) is 52.6 Å². The Kier molecular flexibility index (Phi) is 10.3. The molecule has 0 unspecified atom stereocenters. The third-order valence-corrected chi connectivity index (χ3v) is 10.1. The van der Waals surface area contributed by atoms with E-state index in [0.29, 0.717) is 5.75 Å². The topological polar surface area (TPSA) is 87.6 Å². The Labute approximate surface area is 214 Å². The number of hydrogen-bond donors (Lipinski definition) is 1. The monoisotopic (exact) mass is 538 g/mol. The molecule has 0 saturated carbocycles. The first-order chi connectivity index (χ1) is 16.4. The van der Waals surface area contributed by atoms with Gasteiger partial charge in [-0.15, -0.1) is 11.3 Å². The van der Waals surface area contributed by atoms with Gasteiger partial charge in [0, 0.05) is 12.3 Å². The molecule has 1 atom stereocenters. The van der Waals surface area contributed by atoms with Crippen molar-refractivity contribution in [3.63, 3.8) is 0 Å². The second-order valence-corrected chi connectivity index (χ2v) is 13.1. The van der Waals surface area contributed by atoms with Crippen LogP contribution >= 0.6 is 34.9 Å². The zero-order chi connectivity index (χ0) is 24.6. The van der Waals surface area contributed by atoms with Gasteiger partial charge in [0.1, 0.15) is 6.04 Å². The fraction of sp³-hybridized carbons (Fsp3) is 0.417. The molecular formula is C24H30N2O4S4. The van der Waals surface area contributed by atoms with E-state index >= 15 is 0 Å². The van der Waals surface area contributed by atoms with E-state index in [-0.39, 0.29) is 17.9 Å². The van der Waals surface area contributed by atoms with Crippen molar-refractivity contribution in [1.29, 1.82) is 0 Å². The summed E-state index contributed by atoms with van der Waals surface area (Å²) in [6.07, 6.45) is 5.57. The minimum atomic E-state index is -4.07. The number of nitrogens with zero attached hydrogens (tertiary/aromatic N) is 2. The fourth-order valence-corrected chi connectivity index (χ4v) is 7.84. The van der Waals surface area contributed by atoms with Gasteiger partial charge in [0.25, 0.3) is 0 Å². The Morgan fingerprint density at radius 3 is 2.59 bits per heavy atom. The minimum Gasteiger partial charge on any atom is -0.480 e. The number of aromatic nitrogens is 1. The van der Waals surface area contributed by atoms with Crippen molar-refractivity contribution in [3.05, 3.63) is 54.1 Å². The zero-order valence-corrected chi connectivity index (χ0v) is 22.6. The number of carboxylic acids is 1. The molecule has 0 aliphatic carbocycles. The largest absolute Gasteiger partial charge is 0.480 e. The van der Waals surface area contributed by atoms with E-state index in [0.717, 1.165) is 43.0 Å².